The van der Waals surface area contributed by atoms with Gasteiger partial charge in [0.1, 0.15) is 0 Å². The molecule has 1 amide bonds. The Kier molecular flexibility index (Phi) is 4.42. The van der Waals surface area contributed by atoms with E-state index in [1.54, 1.807) is 0 Å². The summed E-state index contributed by atoms with van der Waals surface area (Å²) in [5.74, 6) is 0.208. The minimum absolute atomic E-state index is 0.108. The molecule has 1 aromatic heterocycles. The van der Waals surface area contributed by atoms with E-state index in [4.69, 9.17) is 4.42 Å². The largest absolute Gasteiger partial charge is 0.403 e. The maximum atomic E-state index is 12.5. The van der Waals surface area contributed by atoms with Gasteiger partial charge in [0.05, 0.1) is 6.42 Å². The third kappa shape index (κ3) is 3.58. The summed E-state index contributed by atoms with van der Waals surface area (Å²) in [6.45, 7) is 3.99. The molecule has 0 unspecified atom stereocenters. The van der Waals surface area contributed by atoms with Gasteiger partial charge in [-0.1, -0.05) is 65.3 Å². The van der Waals surface area contributed by atoms with Crippen molar-refractivity contribution in [1.82, 2.24) is 10.2 Å². The average molecular weight is 357 g/mol. The van der Waals surface area contributed by atoms with E-state index in [2.05, 4.69) is 15.5 Å². The number of hydrogen-bond acceptors (Lipinski definition) is 4. The summed E-state index contributed by atoms with van der Waals surface area (Å²) in [7, 11) is 0. The van der Waals surface area contributed by atoms with E-state index < -0.39 is 0 Å². The minimum Gasteiger partial charge on any atom is -0.403 e. The van der Waals surface area contributed by atoms with Crippen molar-refractivity contribution in [3.63, 3.8) is 0 Å². The number of benzene rings is 3. The molecule has 0 spiro atoms. The lowest BCUT2D eigenvalue weighted by Crippen LogP contribution is -2.14. The van der Waals surface area contributed by atoms with Crippen LogP contribution in [-0.2, 0) is 11.2 Å². The Morgan fingerprint density at radius 1 is 1.00 bits per heavy atom. The van der Waals surface area contributed by atoms with E-state index in [1.165, 1.54) is 0 Å². The van der Waals surface area contributed by atoms with Crippen molar-refractivity contribution in [2.45, 2.75) is 20.3 Å². The first-order chi connectivity index (χ1) is 13.1. The van der Waals surface area contributed by atoms with Gasteiger partial charge in [0, 0.05) is 5.56 Å². The van der Waals surface area contributed by atoms with Gasteiger partial charge in [-0.25, -0.2) is 0 Å². The highest BCUT2D eigenvalue weighted by molar-refractivity contribution is 5.95. The van der Waals surface area contributed by atoms with Gasteiger partial charge in [-0.05, 0) is 41.8 Å². The topological polar surface area (TPSA) is 68.0 Å². The van der Waals surface area contributed by atoms with E-state index in [0.29, 0.717) is 5.89 Å². The van der Waals surface area contributed by atoms with Crippen LogP contribution in [0, 0.1) is 13.8 Å². The molecule has 0 fully saturated rings. The van der Waals surface area contributed by atoms with E-state index in [1.807, 2.05) is 74.5 Å². The highest BCUT2D eigenvalue weighted by Crippen LogP contribution is 2.25. The van der Waals surface area contributed by atoms with Crippen LogP contribution in [-0.4, -0.2) is 16.1 Å². The van der Waals surface area contributed by atoms with Gasteiger partial charge in [-0.15, -0.1) is 5.10 Å². The Labute approximate surface area is 157 Å². The quantitative estimate of drug-likeness (QED) is 0.575. The van der Waals surface area contributed by atoms with Crippen molar-refractivity contribution >= 4 is 22.7 Å². The molecule has 0 aliphatic carbocycles. The Bertz CT molecular complexity index is 1130. The summed E-state index contributed by atoms with van der Waals surface area (Å²) in [5, 5.41) is 12.9. The molecule has 134 valence electrons. The van der Waals surface area contributed by atoms with Crippen LogP contribution in [0.3, 0.4) is 0 Å². The second-order valence-electron chi connectivity index (χ2n) is 6.59. The molecule has 0 saturated carbocycles. The van der Waals surface area contributed by atoms with Crippen LogP contribution in [0.25, 0.3) is 22.2 Å². The summed E-state index contributed by atoms with van der Waals surface area (Å²) < 4.78 is 5.65. The fraction of sp³-hybridized carbons (Fsp3) is 0.136. The van der Waals surface area contributed by atoms with Crippen LogP contribution in [0.1, 0.15) is 16.7 Å². The molecule has 4 aromatic rings. The highest BCUT2D eigenvalue weighted by Gasteiger charge is 2.14. The standard InChI is InChI=1S/C22H19N3O2/c1-14-10-11-15(2)19(12-14)21-24-25-22(27-21)23-20(26)13-17-8-5-7-16-6-3-4-9-18(16)17/h3-12H,13H2,1-2H3,(H,23,25,26). The number of aromatic nitrogens is 2. The molecule has 5 nitrogen and oxygen atoms in total. The molecule has 0 bridgehead atoms. The monoisotopic (exact) mass is 357 g/mol. The predicted octanol–water partition coefficient (Wildman–Crippen LogP) is 4.69. The van der Waals surface area contributed by atoms with Crippen molar-refractivity contribution < 1.29 is 9.21 Å². The zero-order valence-corrected chi connectivity index (χ0v) is 15.2. The molecule has 5 heteroatoms. The number of hydrogen-bond donors (Lipinski definition) is 1. The van der Waals surface area contributed by atoms with E-state index in [9.17, 15) is 4.79 Å². The summed E-state index contributed by atoms with van der Waals surface area (Å²) in [6, 6.07) is 20.1. The second kappa shape index (κ2) is 7.03. The smallest absolute Gasteiger partial charge is 0.322 e. The summed E-state index contributed by atoms with van der Waals surface area (Å²) >= 11 is 0. The van der Waals surface area contributed by atoms with Crippen molar-refractivity contribution in [1.29, 1.82) is 0 Å². The Morgan fingerprint density at radius 2 is 1.81 bits per heavy atom. The summed E-state index contributed by atoms with van der Waals surface area (Å²) in [4.78, 5) is 12.5. The number of fused-ring (bicyclic) bond motifs is 1. The summed E-state index contributed by atoms with van der Waals surface area (Å²) in [6.07, 6.45) is 0.239. The predicted molar refractivity (Wildman–Crippen MR) is 105 cm³/mol. The van der Waals surface area contributed by atoms with Gasteiger partial charge >= 0.3 is 6.01 Å². The second-order valence-corrected chi connectivity index (χ2v) is 6.59. The lowest BCUT2D eigenvalue weighted by Gasteiger charge is -2.06. The molecule has 0 aliphatic rings. The van der Waals surface area contributed by atoms with E-state index in [0.717, 1.165) is 33.0 Å². The number of aryl methyl sites for hydroxylation is 2. The van der Waals surface area contributed by atoms with Crippen molar-refractivity contribution in [2.75, 3.05) is 5.32 Å². The molecule has 3 aromatic carbocycles. The van der Waals surface area contributed by atoms with Gasteiger partial charge in [0.2, 0.25) is 11.8 Å². The molecule has 27 heavy (non-hydrogen) atoms. The van der Waals surface area contributed by atoms with Crippen molar-refractivity contribution in [2.24, 2.45) is 0 Å². The summed E-state index contributed by atoms with van der Waals surface area (Å²) in [5.41, 5.74) is 3.98. The normalized spacial score (nSPS) is 10.9. The van der Waals surface area contributed by atoms with E-state index >= 15 is 0 Å². The van der Waals surface area contributed by atoms with Crippen LogP contribution < -0.4 is 5.32 Å². The number of amides is 1. The molecule has 1 N–H and O–H groups in total. The number of anilines is 1. The maximum absolute atomic E-state index is 12.5. The van der Waals surface area contributed by atoms with Gasteiger partial charge in [0.15, 0.2) is 0 Å². The Morgan fingerprint density at radius 3 is 2.70 bits per heavy atom. The number of nitrogens with zero attached hydrogens (tertiary/aromatic N) is 2. The van der Waals surface area contributed by atoms with Gasteiger partial charge in [-0.3, -0.25) is 10.1 Å². The maximum Gasteiger partial charge on any atom is 0.322 e. The third-order valence-electron chi connectivity index (χ3n) is 4.53. The fourth-order valence-corrected chi connectivity index (χ4v) is 3.13. The molecule has 4 rings (SSSR count). The SMILES string of the molecule is Cc1ccc(C)c(-c2nnc(NC(=O)Cc3cccc4ccccc34)o2)c1. The van der Waals surface area contributed by atoms with Crippen molar-refractivity contribution in [3.8, 4) is 11.5 Å². The fourth-order valence-electron chi connectivity index (χ4n) is 3.13. The van der Waals surface area contributed by atoms with Crippen LogP contribution in [0.5, 0.6) is 0 Å². The molecule has 0 atom stereocenters. The molecular weight excluding hydrogens is 338 g/mol. The van der Waals surface area contributed by atoms with Gasteiger partial charge in [-0.2, -0.15) is 0 Å². The Hall–Kier alpha value is -3.47. The van der Waals surface area contributed by atoms with Crippen LogP contribution in [0.2, 0.25) is 0 Å². The Balaban J connectivity index is 1.52. The van der Waals surface area contributed by atoms with Crippen LogP contribution in [0.15, 0.2) is 65.1 Å². The average Bonchev–Trinajstić information content (AvgIpc) is 3.12. The zero-order valence-electron chi connectivity index (χ0n) is 15.2. The number of rotatable bonds is 4. The molecule has 0 aliphatic heterocycles. The van der Waals surface area contributed by atoms with E-state index in [-0.39, 0.29) is 18.3 Å². The van der Waals surface area contributed by atoms with Gasteiger partial charge in [0.25, 0.3) is 0 Å². The zero-order chi connectivity index (χ0) is 18.8. The molecular formula is C22H19N3O2. The first-order valence-electron chi connectivity index (χ1n) is 8.78. The lowest BCUT2D eigenvalue weighted by molar-refractivity contribution is -0.115. The highest BCUT2D eigenvalue weighted by atomic mass is 16.4. The number of nitrogens with one attached hydrogen (secondary N) is 1. The van der Waals surface area contributed by atoms with Gasteiger partial charge < -0.3 is 4.42 Å². The molecule has 0 saturated heterocycles. The lowest BCUT2D eigenvalue weighted by atomic mass is 10.0. The minimum atomic E-state index is -0.192. The molecule has 0 radical (unpaired) electrons. The molecule has 1 heterocycles. The number of carbonyl (C=O) groups excluding carboxylic acids is 1. The first kappa shape index (κ1) is 17.0. The number of carbonyl (C=O) groups is 1. The van der Waals surface area contributed by atoms with Crippen LogP contribution in [0.4, 0.5) is 6.01 Å². The third-order valence-corrected chi connectivity index (χ3v) is 4.53. The van der Waals surface area contributed by atoms with Crippen LogP contribution >= 0.6 is 0 Å². The van der Waals surface area contributed by atoms with Crippen molar-refractivity contribution in [3.05, 3.63) is 77.4 Å². The first-order valence-corrected chi connectivity index (χ1v) is 8.78.